The van der Waals surface area contributed by atoms with Gasteiger partial charge < -0.3 is 34.6 Å². The Kier molecular flexibility index (Phi) is 16.2. The molecule has 0 aliphatic heterocycles. The summed E-state index contributed by atoms with van der Waals surface area (Å²) >= 11 is 0. The van der Waals surface area contributed by atoms with Crippen molar-refractivity contribution in [1.29, 1.82) is 0 Å². The molecule has 214 valence electrons. The Labute approximate surface area is 286 Å². The number of rotatable bonds is 4. The quantitative estimate of drug-likeness (QED) is 0.204. The van der Waals surface area contributed by atoms with Gasteiger partial charge in [-0.05, 0) is 35.6 Å². The molecule has 6 aromatic rings. The monoisotopic (exact) mass is 686 g/mol. The van der Waals surface area contributed by atoms with E-state index in [-0.39, 0.29) is 51.0 Å². The topological polar surface area (TPSA) is 6.48 Å². The number of aryl methyl sites for hydroxylation is 2. The van der Waals surface area contributed by atoms with Crippen molar-refractivity contribution in [3.05, 3.63) is 132 Å². The normalized spacial score (nSPS) is 9.67. The van der Waals surface area contributed by atoms with E-state index in [2.05, 4.69) is 160 Å². The summed E-state index contributed by atoms with van der Waals surface area (Å²) in [7, 11) is 5.32. The maximum Gasteiger partial charge on any atom is 4.00 e. The fraction of sp³-hybridized carbons (Fsp3) is 0.167. The van der Waals surface area contributed by atoms with Crippen LogP contribution in [0.4, 0.5) is 22.7 Å². The number of fused-ring (bicyclic) bond motifs is 2. The van der Waals surface area contributed by atoms with Crippen LogP contribution in [-0.4, -0.2) is 23.6 Å². The Hall–Kier alpha value is -2.62. The molecule has 0 spiro atoms. The van der Waals surface area contributed by atoms with E-state index in [1.165, 1.54) is 55.4 Å². The second-order valence-corrected chi connectivity index (χ2v) is 10.9. The molecule has 0 saturated carbocycles. The van der Waals surface area contributed by atoms with Gasteiger partial charge in [-0.15, -0.1) is 69.1 Å². The summed E-state index contributed by atoms with van der Waals surface area (Å²) in [6, 6.07) is 42.8. The van der Waals surface area contributed by atoms with Crippen LogP contribution < -0.4 is 34.6 Å². The Balaban J connectivity index is 0.000000361. The Morgan fingerprint density at radius 3 is 1.19 bits per heavy atom. The van der Waals surface area contributed by atoms with Gasteiger partial charge in [0, 0.05) is 35.0 Å². The van der Waals surface area contributed by atoms with Crippen molar-refractivity contribution in [1.82, 2.24) is 0 Å². The molecule has 0 unspecified atom stereocenters. The number of halogens is 2. The Morgan fingerprint density at radius 2 is 0.857 bits per heavy atom. The summed E-state index contributed by atoms with van der Waals surface area (Å²) < 4.78 is 0. The number of hydrogen-bond donors (Lipinski definition) is 0. The molecule has 0 N–H and O–H groups in total. The van der Waals surface area contributed by atoms with Crippen LogP contribution in [0.2, 0.25) is 13.1 Å². The van der Waals surface area contributed by atoms with Gasteiger partial charge in [0.05, 0.1) is 0 Å². The molecule has 0 bridgehead atoms. The van der Waals surface area contributed by atoms with Crippen LogP contribution >= 0.6 is 0 Å². The Morgan fingerprint density at radius 1 is 0.524 bits per heavy atom. The van der Waals surface area contributed by atoms with E-state index >= 15 is 0 Å². The molecule has 2 radical (unpaired) electrons. The third-order valence-electron chi connectivity index (χ3n) is 6.75. The summed E-state index contributed by atoms with van der Waals surface area (Å²) in [6.45, 7) is 8.60. The SMILES string of the molecule is C[Si]C.Cc1cc2c(N(C)c3ccccc3)cccc2[cH-]1.Cc1cc2c(N(C)c3ccccc3)cccc2[cH-]1.[Cl-].[Cl-].[Zr+4]. The molecule has 0 aliphatic rings. The molecule has 0 aromatic heterocycles. The average Bonchev–Trinajstić information content (AvgIpc) is 3.54. The number of nitrogens with zero attached hydrogens (tertiary/aromatic N) is 2. The second-order valence-electron chi connectivity index (χ2n) is 9.91. The van der Waals surface area contributed by atoms with Crippen molar-refractivity contribution in [3.8, 4) is 0 Å². The van der Waals surface area contributed by atoms with Crippen molar-refractivity contribution >= 4 is 53.8 Å². The molecule has 0 atom stereocenters. The molecule has 0 aliphatic carbocycles. The second kappa shape index (κ2) is 18.1. The van der Waals surface area contributed by atoms with Crippen molar-refractivity contribution in [2.75, 3.05) is 23.9 Å². The maximum atomic E-state index is 2.25. The van der Waals surface area contributed by atoms with Gasteiger partial charge in [-0.25, -0.2) is 0 Å². The van der Waals surface area contributed by atoms with Gasteiger partial charge >= 0.3 is 26.2 Å². The van der Waals surface area contributed by atoms with Crippen LogP contribution in [-0.2, 0) is 26.2 Å². The third-order valence-corrected chi connectivity index (χ3v) is 6.75. The average molecular weight is 689 g/mol. The van der Waals surface area contributed by atoms with Crippen LogP contribution in [0.15, 0.2) is 121 Å². The van der Waals surface area contributed by atoms with Gasteiger partial charge in [-0.3, -0.25) is 0 Å². The summed E-state index contributed by atoms with van der Waals surface area (Å²) in [4.78, 5) is 4.48. The van der Waals surface area contributed by atoms with E-state index in [0.29, 0.717) is 0 Å². The van der Waals surface area contributed by atoms with Gasteiger partial charge in [0.1, 0.15) is 0 Å². The summed E-state index contributed by atoms with van der Waals surface area (Å²) in [5.41, 5.74) is 7.57. The predicted octanol–water partition coefficient (Wildman–Crippen LogP) is 4.06. The minimum Gasteiger partial charge on any atom is -1.00 e. The molecular formula is C36H38Cl2N2SiZr. The minimum absolute atomic E-state index is 0. The molecule has 6 heteroatoms. The number of benzene rings is 4. The third kappa shape index (κ3) is 9.19. The van der Waals surface area contributed by atoms with E-state index in [9.17, 15) is 0 Å². The number of anilines is 4. The summed E-state index contributed by atoms with van der Waals surface area (Å²) in [5, 5.41) is 5.27. The van der Waals surface area contributed by atoms with Crippen LogP contribution in [0, 0.1) is 13.8 Å². The van der Waals surface area contributed by atoms with Gasteiger partial charge in [0.2, 0.25) is 0 Å². The zero-order chi connectivity index (χ0) is 27.8. The molecule has 6 aromatic carbocycles. The largest absolute Gasteiger partial charge is 4.00 e. The van der Waals surface area contributed by atoms with Crippen molar-refractivity contribution < 1.29 is 51.0 Å². The first-order valence-corrected chi connectivity index (χ1v) is 15.4. The molecule has 0 amide bonds. The first-order valence-electron chi connectivity index (χ1n) is 13.4. The predicted molar refractivity (Wildman–Crippen MR) is 175 cm³/mol. The van der Waals surface area contributed by atoms with Crippen LogP contribution in [0.1, 0.15) is 11.1 Å². The zero-order valence-corrected chi connectivity index (χ0v) is 30.2. The smallest absolute Gasteiger partial charge is 1.00 e. The molecular weight excluding hydrogens is 651 g/mol. The van der Waals surface area contributed by atoms with E-state index in [1.54, 1.807) is 0 Å². The van der Waals surface area contributed by atoms with Gasteiger partial charge in [0.25, 0.3) is 0 Å². The molecule has 0 heterocycles. The fourth-order valence-corrected chi connectivity index (χ4v) is 4.90. The molecule has 6 rings (SSSR count). The van der Waals surface area contributed by atoms with Crippen LogP contribution in [0.25, 0.3) is 21.5 Å². The van der Waals surface area contributed by atoms with Crippen molar-refractivity contribution in [2.24, 2.45) is 0 Å². The minimum atomic E-state index is 0. The zero-order valence-electron chi connectivity index (χ0n) is 25.2. The molecule has 0 fully saturated rings. The maximum absolute atomic E-state index is 2.25. The van der Waals surface area contributed by atoms with Crippen LogP contribution in [0.3, 0.4) is 0 Å². The van der Waals surface area contributed by atoms with Gasteiger partial charge in [-0.1, -0.05) is 75.5 Å². The first kappa shape index (κ1) is 37.4. The van der Waals surface area contributed by atoms with E-state index in [4.69, 9.17) is 0 Å². The van der Waals surface area contributed by atoms with Crippen molar-refractivity contribution in [3.63, 3.8) is 0 Å². The van der Waals surface area contributed by atoms with E-state index in [1.807, 2.05) is 12.1 Å². The Bertz CT molecular complexity index is 1490. The van der Waals surface area contributed by atoms with Gasteiger partial charge in [0.15, 0.2) is 0 Å². The van der Waals surface area contributed by atoms with E-state index < -0.39 is 0 Å². The number of hydrogen-bond acceptors (Lipinski definition) is 2. The summed E-state index contributed by atoms with van der Waals surface area (Å²) in [5.74, 6) is 0. The molecule has 42 heavy (non-hydrogen) atoms. The standard InChI is InChI=1S/2C17H16N.C2H6Si.2ClH.Zr/c2*1-13-11-14-7-6-10-17(16(14)12-13)18(2)15-8-4-3-5-9-15;1-3-2;;;/h2*3-12H,1-2H3;1-2H3;2*1H;/q2*-1;;;;+4/p-2. The number of para-hydroxylation sites is 2. The summed E-state index contributed by atoms with van der Waals surface area (Å²) in [6.07, 6.45) is 0. The fourth-order valence-electron chi connectivity index (χ4n) is 4.90. The van der Waals surface area contributed by atoms with E-state index in [0.717, 1.165) is 9.52 Å². The molecule has 0 saturated heterocycles. The van der Waals surface area contributed by atoms with Crippen molar-refractivity contribution in [2.45, 2.75) is 26.9 Å². The van der Waals surface area contributed by atoms with Gasteiger partial charge in [-0.2, -0.15) is 12.1 Å². The molecule has 2 nitrogen and oxygen atoms in total. The van der Waals surface area contributed by atoms with Crippen LogP contribution in [0.5, 0.6) is 0 Å². The first-order chi connectivity index (χ1) is 18.9.